The van der Waals surface area contributed by atoms with E-state index in [1.54, 1.807) is 12.1 Å². The van der Waals surface area contributed by atoms with Gasteiger partial charge in [-0.05, 0) is 36.4 Å². The third kappa shape index (κ3) is 2.24. The highest BCUT2D eigenvalue weighted by molar-refractivity contribution is 7.04. The molecule has 0 radical (unpaired) electrons. The minimum Gasteiger partial charge on any atom is -0.478 e. The summed E-state index contributed by atoms with van der Waals surface area (Å²) in [5, 5.41) is 8.95. The van der Waals surface area contributed by atoms with Crippen molar-refractivity contribution in [3.05, 3.63) is 29.8 Å². The van der Waals surface area contributed by atoms with Gasteiger partial charge in [0.25, 0.3) is 0 Å². The van der Waals surface area contributed by atoms with Crippen LogP contribution in [0.15, 0.2) is 24.3 Å². The van der Waals surface area contributed by atoms with Crippen molar-refractivity contribution in [1.82, 2.24) is 0 Å². The van der Waals surface area contributed by atoms with Gasteiger partial charge in [0, 0.05) is 5.69 Å². The molecule has 0 atom stereocenters. The van der Waals surface area contributed by atoms with Crippen molar-refractivity contribution < 1.29 is 9.90 Å². The number of benzene rings is 1. The molecule has 0 unspecified atom stereocenters. The van der Waals surface area contributed by atoms with Crippen molar-refractivity contribution >= 4 is 28.1 Å². The van der Waals surface area contributed by atoms with Crippen LogP contribution in [0.25, 0.3) is 0 Å². The molecule has 1 aliphatic rings. The molecule has 1 heterocycles. The molecule has 5 heteroatoms. The second kappa shape index (κ2) is 4.24. The van der Waals surface area contributed by atoms with Crippen LogP contribution in [0, 0.1) is 0 Å². The summed E-state index contributed by atoms with van der Waals surface area (Å²) in [5.41, 5.74) is 1.60. The Hall–Kier alpha value is -1.08. The molecule has 1 aromatic carbocycles. The average molecular weight is 279 g/mol. The van der Waals surface area contributed by atoms with Gasteiger partial charge in [-0.1, -0.05) is 26.2 Å². The van der Waals surface area contributed by atoms with Crippen LogP contribution in [0.3, 0.4) is 0 Å². The first-order valence-corrected chi connectivity index (χ1v) is 12.7. The molecule has 18 heavy (non-hydrogen) atoms. The minimum atomic E-state index is -1.34. The minimum absolute atomic E-state index is 0.372. The summed E-state index contributed by atoms with van der Waals surface area (Å²) in [7, 11) is -2.69. The van der Waals surface area contributed by atoms with E-state index >= 15 is 0 Å². The van der Waals surface area contributed by atoms with Crippen LogP contribution in [0.4, 0.5) is 5.69 Å². The van der Waals surface area contributed by atoms with Crippen molar-refractivity contribution in [2.45, 2.75) is 38.3 Å². The summed E-state index contributed by atoms with van der Waals surface area (Å²) >= 11 is 0. The Bertz CT molecular complexity index is 452. The summed E-state index contributed by atoms with van der Waals surface area (Å²) < 4.78 is 2.69. The Balaban J connectivity index is 2.38. The molecular formula is C13H21NO2Si2. The van der Waals surface area contributed by atoms with Crippen LogP contribution in [0.2, 0.25) is 38.3 Å². The van der Waals surface area contributed by atoms with E-state index in [2.05, 4.69) is 30.4 Å². The first-order chi connectivity index (χ1) is 8.24. The SMILES string of the molecule is C[Si]1(C)CC[Si](C)(C)N1c1ccc(C(=O)O)cc1. The molecule has 0 aliphatic carbocycles. The molecule has 0 bridgehead atoms. The van der Waals surface area contributed by atoms with Crippen molar-refractivity contribution in [2.75, 3.05) is 4.23 Å². The molecule has 1 aliphatic heterocycles. The molecule has 2 rings (SSSR count). The maximum atomic E-state index is 10.9. The summed E-state index contributed by atoms with van der Waals surface area (Å²) in [6.07, 6.45) is 0. The van der Waals surface area contributed by atoms with Gasteiger partial charge < -0.3 is 9.34 Å². The molecule has 0 aromatic heterocycles. The average Bonchev–Trinajstić information content (AvgIpc) is 2.48. The van der Waals surface area contributed by atoms with Crippen LogP contribution in [0.1, 0.15) is 10.4 Å². The van der Waals surface area contributed by atoms with Crippen LogP contribution in [0.5, 0.6) is 0 Å². The Morgan fingerprint density at radius 3 is 1.89 bits per heavy atom. The Morgan fingerprint density at radius 1 is 1.06 bits per heavy atom. The highest BCUT2D eigenvalue weighted by Gasteiger charge is 2.47. The standard InChI is InChI=1S/C13H21NO2Si2/c1-17(2)9-10-18(3,4)14(17)12-7-5-11(6-8-12)13(15)16/h5-8H,9-10H2,1-4H3,(H,15,16). The van der Waals surface area contributed by atoms with Gasteiger partial charge in [0.2, 0.25) is 0 Å². The highest BCUT2D eigenvalue weighted by atomic mass is 28.4. The second-order valence-electron chi connectivity index (χ2n) is 6.31. The van der Waals surface area contributed by atoms with Crippen LogP contribution in [-0.4, -0.2) is 27.5 Å². The predicted octanol–water partition coefficient (Wildman–Crippen LogP) is 3.62. The fourth-order valence-electron chi connectivity index (χ4n) is 3.11. The third-order valence-corrected chi connectivity index (χ3v) is 13.9. The van der Waals surface area contributed by atoms with Crippen molar-refractivity contribution in [2.24, 2.45) is 0 Å². The van der Waals surface area contributed by atoms with E-state index in [4.69, 9.17) is 5.11 Å². The fourth-order valence-corrected chi connectivity index (χ4v) is 17.4. The molecule has 98 valence electrons. The monoisotopic (exact) mass is 279 g/mol. The molecule has 1 aromatic rings. The summed E-state index contributed by atoms with van der Waals surface area (Å²) in [5.74, 6) is -0.851. The van der Waals surface area contributed by atoms with E-state index < -0.39 is 22.4 Å². The van der Waals surface area contributed by atoms with E-state index in [0.29, 0.717) is 5.56 Å². The molecule has 0 amide bonds. The maximum Gasteiger partial charge on any atom is 0.335 e. The maximum absolute atomic E-state index is 10.9. The lowest BCUT2D eigenvalue weighted by Gasteiger charge is -2.41. The number of carbonyl (C=O) groups is 1. The summed E-state index contributed by atoms with van der Waals surface area (Å²) in [6.45, 7) is 9.67. The van der Waals surface area contributed by atoms with Crippen LogP contribution >= 0.6 is 0 Å². The second-order valence-corrected chi connectivity index (χ2v) is 15.9. The van der Waals surface area contributed by atoms with Crippen LogP contribution < -0.4 is 4.23 Å². The molecule has 1 saturated heterocycles. The first kappa shape index (κ1) is 13.4. The van der Waals surface area contributed by atoms with Gasteiger partial charge in [0.05, 0.1) is 5.56 Å². The summed E-state index contributed by atoms with van der Waals surface area (Å²) in [6, 6.07) is 10.1. The zero-order valence-corrected chi connectivity index (χ0v) is 13.5. The topological polar surface area (TPSA) is 40.5 Å². The first-order valence-electron chi connectivity index (χ1n) is 6.38. The number of carboxylic acids is 1. The van der Waals surface area contributed by atoms with E-state index in [-0.39, 0.29) is 0 Å². The van der Waals surface area contributed by atoms with Gasteiger partial charge in [0.15, 0.2) is 0 Å². The van der Waals surface area contributed by atoms with Gasteiger partial charge in [-0.3, -0.25) is 0 Å². The van der Waals surface area contributed by atoms with E-state index in [0.717, 1.165) is 0 Å². The van der Waals surface area contributed by atoms with Gasteiger partial charge in [0.1, 0.15) is 16.5 Å². The lowest BCUT2D eigenvalue weighted by Crippen LogP contribution is -2.55. The van der Waals surface area contributed by atoms with Crippen LogP contribution in [-0.2, 0) is 0 Å². The lowest BCUT2D eigenvalue weighted by molar-refractivity contribution is 0.0697. The number of rotatable bonds is 2. The zero-order valence-electron chi connectivity index (χ0n) is 11.5. The lowest BCUT2D eigenvalue weighted by atomic mass is 10.2. The summed E-state index contributed by atoms with van der Waals surface area (Å²) in [4.78, 5) is 10.9. The number of nitrogens with zero attached hydrogens (tertiary/aromatic N) is 1. The van der Waals surface area contributed by atoms with Gasteiger partial charge in [-0.15, -0.1) is 0 Å². The molecule has 1 N–H and O–H groups in total. The van der Waals surface area contributed by atoms with Gasteiger partial charge >= 0.3 is 5.97 Å². The Morgan fingerprint density at radius 2 is 1.50 bits per heavy atom. The highest BCUT2D eigenvalue weighted by Crippen LogP contribution is 2.40. The number of anilines is 1. The van der Waals surface area contributed by atoms with Gasteiger partial charge in [-0.25, -0.2) is 4.79 Å². The molecular weight excluding hydrogens is 258 g/mol. The van der Waals surface area contributed by atoms with Crippen molar-refractivity contribution in [3.63, 3.8) is 0 Å². The number of hydrogen-bond acceptors (Lipinski definition) is 2. The Labute approximate surface area is 111 Å². The number of aromatic carboxylic acids is 1. The van der Waals surface area contributed by atoms with Crippen molar-refractivity contribution in [3.8, 4) is 0 Å². The third-order valence-electron chi connectivity index (χ3n) is 3.93. The fraction of sp³-hybridized carbons (Fsp3) is 0.462. The molecule has 3 nitrogen and oxygen atoms in total. The number of hydrogen-bond donors (Lipinski definition) is 1. The molecule has 0 saturated carbocycles. The zero-order chi connectivity index (χ0) is 13.6. The van der Waals surface area contributed by atoms with E-state index in [1.165, 1.54) is 17.8 Å². The Kier molecular flexibility index (Phi) is 3.15. The van der Waals surface area contributed by atoms with Crippen molar-refractivity contribution in [1.29, 1.82) is 0 Å². The number of carboxylic acid groups (broad SMARTS) is 1. The molecule has 0 spiro atoms. The predicted molar refractivity (Wildman–Crippen MR) is 80.5 cm³/mol. The van der Waals surface area contributed by atoms with E-state index in [1.807, 2.05) is 12.1 Å². The largest absolute Gasteiger partial charge is 0.478 e. The smallest absolute Gasteiger partial charge is 0.335 e. The quantitative estimate of drug-likeness (QED) is 0.841. The normalized spacial score (nSPS) is 21.0. The molecule has 1 fully saturated rings. The van der Waals surface area contributed by atoms with Gasteiger partial charge in [-0.2, -0.15) is 0 Å². The van der Waals surface area contributed by atoms with E-state index in [9.17, 15) is 4.79 Å².